The Bertz CT molecular complexity index is 315. The molecule has 2 amide bonds. The first-order valence-corrected chi connectivity index (χ1v) is 7.62. The summed E-state index contributed by atoms with van der Waals surface area (Å²) in [5, 5.41) is 2.83. The molecule has 0 aromatic carbocycles. The van der Waals surface area contributed by atoms with E-state index in [4.69, 9.17) is 0 Å². The Hall–Kier alpha value is -1.06. The first kappa shape index (κ1) is 16.0. The molecule has 0 aromatic rings. The van der Waals surface area contributed by atoms with E-state index in [1.54, 1.807) is 4.90 Å². The summed E-state index contributed by atoms with van der Waals surface area (Å²) in [6, 6.07) is -0.588. The first-order valence-electron chi connectivity index (χ1n) is 7.62. The van der Waals surface area contributed by atoms with Gasteiger partial charge in [0, 0.05) is 6.54 Å². The smallest absolute Gasteiger partial charge is 0.245 e. The van der Waals surface area contributed by atoms with Crippen LogP contribution in [-0.4, -0.2) is 35.3 Å². The second-order valence-electron chi connectivity index (χ2n) is 5.81. The van der Waals surface area contributed by atoms with Gasteiger partial charge in [0.2, 0.25) is 11.8 Å². The van der Waals surface area contributed by atoms with E-state index in [9.17, 15) is 9.59 Å². The van der Waals surface area contributed by atoms with Crippen molar-refractivity contribution in [1.82, 2.24) is 10.2 Å². The fraction of sp³-hybridized carbons (Fsp3) is 0.867. The average Bonchev–Trinajstić information content (AvgIpc) is 2.37. The summed E-state index contributed by atoms with van der Waals surface area (Å²) in [5.41, 5.74) is 0. The molecule has 1 N–H and O–H groups in total. The topological polar surface area (TPSA) is 49.4 Å². The Balaban J connectivity index is 2.58. The van der Waals surface area contributed by atoms with Crippen LogP contribution in [0.1, 0.15) is 59.8 Å². The summed E-state index contributed by atoms with van der Waals surface area (Å²) < 4.78 is 0. The highest BCUT2D eigenvalue weighted by Crippen LogP contribution is 2.16. The maximum atomic E-state index is 12.3. The molecular weight excluding hydrogens is 240 g/mol. The van der Waals surface area contributed by atoms with Crippen molar-refractivity contribution >= 4 is 11.8 Å². The predicted octanol–water partition coefficient (Wildman–Crippen LogP) is 2.33. The second-order valence-corrected chi connectivity index (χ2v) is 5.81. The van der Waals surface area contributed by atoms with Gasteiger partial charge in [-0.1, -0.05) is 40.5 Å². The average molecular weight is 268 g/mol. The second kappa shape index (κ2) is 7.51. The molecule has 0 aromatic heterocycles. The van der Waals surface area contributed by atoms with E-state index in [0.717, 1.165) is 12.8 Å². The number of rotatable bonds is 7. The molecule has 1 fully saturated rings. The molecule has 19 heavy (non-hydrogen) atoms. The molecule has 1 aliphatic rings. The van der Waals surface area contributed by atoms with E-state index >= 15 is 0 Å². The van der Waals surface area contributed by atoms with Crippen LogP contribution in [0.2, 0.25) is 0 Å². The third-order valence-electron chi connectivity index (χ3n) is 3.80. The molecular formula is C15H28N2O2. The van der Waals surface area contributed by atoms with Gasteiger partial charge >= 0.3 is 0 Å². The molecule has 0 aliphatic carbocycles. The summed E-state index contributed by atoms with van der Waals surface area (Å²) in [5.74, 6) is 0.807. The van der Waals surface area contributed by atoms with Crippen LogP contribution in [0.3, 0.4) is 0 Å². The van der Waals surface area contributed by atoms with E-state index in [1.807, 2.05) is 13.8 Å². The van der Waals surface area contributed by atoms with Crippen molar-refractivity contribution in [2.75, 3.05) is 6.54 Å². The molecule has 1 rings (SSSR count). The summed E-state index contributed by atoms with van der Waals surface area (Å²) in [6.07, 6.45) is 4.66. The lowest BCUT2D eigenvalue weighted by molar-refractivity contribution is -0.149. The molecule has 0 radical (unpaired) electrons. The summed E-state index contributed by atoms with van der Waals surface area (Å²) >= 11 is 0. The zero-order valence-corrected chi connectivity index (χ0v) is 12.7. The van der Waals surface area contributed by atoms with Crippen molar-refractivity contribution in [2.45, 2.75) is 71.9 Å². The maximum absolute atomic E-state index is 12.3. The van der Waals surface area contributed by atoms with Crippen molar-refractivity contribution in [3.05, 3.63) is 0 Å². The molecule has 2 atom stereocenters. The zero-order valence-electron chi connectivity index (χ0n) is 12.7. The van der Waals surface area contributed by atoms with Crippen LogP contribution in [0.15, 0.2) is 0 Å². The lowest BCUT2D eigenvalue weighted by atomic mass is 10.0. The van der Waals surface area contributed by atoms with Crippen LogP contribution < -0.4 is 5.32 Å². The number of carbonyl (C=O) groups is 2. The van der Waals surface area contributed by atoms with E-state index in [1.165, 1.54) is 6.42 Å². The van der Waals surface area contributed by atoms with Gasteiger partial charge in [-0.2, -0.15) is 0 Å². The monoisotopic (exact) mass is 268 g/mol. The quantitative estimate of drug-likeness (QED) is 0.720. The number of amides is 2. The SMILES string of the molecule is CCC1NC(=O)C(CC)N(CCCCC(C)C)C1=O. The van der Waals surface area contributed by atoms with Crippen LogP contribution in [0.4, 0.5) is 0 Å². The number of hydrogen-bond acceptors (Lipinski definition) is 2. The first-order chi connectivity index (χ1) is 9.01. The van der Waals surface area contributed by atoms with Crippen molar-refractivity contribution in [1.29, 1.82) is 0 Å². The molecule has 1 aliphatic heterocycles. The maximum Gasteiger partial charge on any atom is 0.245 e. The lowest BCUT2D eigenvalue weighted by Gasteiger charge is -2.38. The van der Waals surface area contributed by atoms with Gasteiger partial charge in [0.05, 0.1) is 0 Å². The third-order valence-corrected chi connectivity index (χ3v) is 3.80. The van der Waals surface area contributed by atoms with Crippen molar-refractivity contribution in [3.63, 3.8) is 0 Å². The van der Waals surface area contributed by atoms with Crippen LogP contribution >= 0.6 is 0 Å². The van der Waals surface area contributed by atoms with Crippen molar-refractivity contribution in [2.24, 2.45) is 5.92 Å². The fourth-order valence-electron chi connectivity index (χ4n) is 2.61. The van der Waals surface area contributed by atoms with Crippen LogP contribution in [-0.2, 0) is 9.59 Å². The third kappa shape index (κ3) is 4.22. The van der Waals surface area contributed by atoms with E-state index in [-0.39, 0.29) is 23.9 Å². The van der Waals surface area contributed by atoms with Crippen LogP contribution in [0, 0.1) is 5.92 Å². The number of unbranched alkanes of at least 4 members (excludes halogenated alkanes) is 1. The Kier molecular flexibility index (Phi) is 6.32. The molecule has 0 saturated carbocycles. The summed E-state index contributed by atoms with van der Waals surface area (Å²) in [7, 11) is 0. The standard InChI is InChI=1S/C15H28N2O2/c1-5-12-15(19)17(10-8-7-9-11(3)4)13(6-2)14(18)16-12/h11-13H,5-10H2,1-4H3,(H,16,18). The largest absolute Gasteiger partial charge is 0.343 e. The van der Waals surface area contributed by atoms with Gasteiger partial charge in [-0.05, 0) is 25.2 Å². The highest BCUT2D eigenvalue weighted by Gasteiger charge is 2.38. The Labute approximate surface area is 116 Å². The van der Waals surface area contributed by atoms with E-state index < -0.39 is 0 Å². The molecule has 2 unspecified atom stereocenters. The highest BCUT2D eigenvalue weighted by molar-refractivity contribution is 5.96. The number of piperazine rings is 1. The minimum Gasteiger partial charge on any atom is -0.343 e. The molecule has 110 valence electrons. The van der Waals surface area contributed by atoms with Gasteiger partial charge in [0.15, 0.2) is 0 Å². The number of hydrogen-bond donors (Lipinski definition) is 1. The van der Waals surface area contributed by atoms with Crippen LogP contribution in [0.5, 0.6) is 0 Å². The summed E-state index contributed by atoms with van der Waals surface area (Å²) in [4.78, 5) is 26.1. The number of nitrogens with one attached hydrogen (secondary N) is 1. The molecule has 1 heterocycles. The molecule has 1 saturated heterocycles. The zero-order chi connectivity index (χ0) is 14.4. The van der Waals surface area contributed by atoms with Gasteiger partial charge in [-0.3, -0.25) is 9.59 Å². The molecule has 0 spiro atoms. The fourth-order valence-corrected chi connectivity index (χ4v) is 2.61. The minimum atomic E-state index is -0.319. The van der Waals surface area contributed by atoms with Gasteiger partial charge in [-0.25, -0.2) is 0 Å². The minimum absolute atomic E-state index is 0.0119. The molecule has 0 bridgehead atoms. The summed E-state index contributed by atoms with van der Waals surface area (Å²) in [6.45, 7) is 9.04. The molecule has 4 heteroatoms. The highest BCUT2D eigenvalue weighted by atomic mass is 16.2. The van der Waals surface area contributed by atoms with E-state index in [0.29, 0.717) is 25.3 Å². The van der Waals surface area contributed by atoms with Gasteiger partial charge in [0.1, 0.15) is 12.1 Å². The Morgan fingerprint density at radius 2 is 1.84 bits per heavy atom. The molecule has 4 nitrogen and oxygen atoms in total. The van der Waals surface area contributed by atoms with Gasteiger partial charge in [0.25, 0.3) is 0 Å². The van der Waals surface area contributed by atoms with Crippen molar-refractivity contribution < 1.29 is 9.59 Å². The van der Waals surface area contributed by atoms with Gasteiger partial charge in [-0.15, -0.1) is 0 Å². The van der Waals surface area contributed by atoms with Crippen molar-refractivity contribution in [3.8, 4) is 0 Å². The normalized spacial score (nSPS) is 23.9. The number of carbonyl (C=O) groups excluding carboxylic acids is 2. The Morgan fingerprint density at radius 3 is 2.37 bits per heavy atom. The number of nitrogens with zero attached hydrogens (tertiary/aromatic N) is 1. The van der Waals surface area contributed by atoms with Crippen LogP contribution in [0.25, 0.3) is 0 Å². The Morgan fingerprint density at radius 1 is 1.16 bits per heavy atom. The van der Waals surface area contributed by atoms with Gasteiger partial charge < -0.3 is 10.2 Å². The van der Waals surface area contributed by atoms with E-state index in [2.05, 4.69) is 19.2 Å². The predicted molar refractivity (Wildman–Crippen MR) is 76.7 cm³/mol. The lowest BCUT2D eigenvalue weighted by Crippen LogP contribution is -2.63.